The fraction of sp³-hybridized carbons (Fsp3) is 1.00. The molecule has 0 aromatic carbocycles. The van der Waals surface area contributed by atoms with Gasteiger partial charge in [0.05, 0.1) is 13.2 Å². The van der Waals surface area contributed by atoms with Crippen molar-refractivity contribution in [2.75, 3.05) is 19.8 Å². The molecule has 0 aromatic heterocycles. The van der Waals surface area contributed by atoms with Crippen LogP contribution in [0.5, 0.6) is 0 Å². The van der Waals surface area contributed by atoms with Crippen molar-refractivity contribution in [3.8, 4) is 0 Å². The molecule has 1 rings (SSSR count). The van der Waals surface area contributed by atoms with E-state index in [1.165, 1.54) is 83.5 Å². The normalized spacial score (nSPS) is 23.4. The van der Waals surface area contributed by atoms with Crippen molar-refractivity contribution in [3.63, 3.8) is 0 Å². The summed E-state index contributed by atoms with van der Waals surface area (Å²) < 4.78 is 26.0. The molecule has 0 saturated carbocycles. The van der Waals surface area contributed by atoms with E-state index in [4.69, 9.17) is 14.2 Å². The summed E-state index contributed by atoms with van der Waals surface area (Å²) in [6, 6.07) is 0. The Bertz CT molecular complexity index is 351. The van der Waals surface area contributed by atoms with Crippen LogP contribution in [0.3, 0.4) is 0 Å². The van der Waals surface area contributed by atoms with Crippen LogP contribution in [0.1, 0.15) is 96.8 Å². The fourth-order valence-corrected chi connectivity index (χ4v) is 4.03. The van der Waals surface area contributed by atoms with Gasteiger partial charge in [0, 0.05) is 6.61 Å². The first-order valence-electron chi connectivity index (χ1n) is 10.4. The molecular weight excluding hydrogens is 339 g/mol. The van der Waals surface area contributed by atoms with E-state index >= 15 is 0 Å². The third-order valence-corrected chi connectivity index (χ3v) is 5.69. The zero-order valence-electron chi connectivity index (χ0n) is 16.1. The van der Waals surface area contributed by atoms with E-state index in [1.807, 2.05) is 0 Å². The fourth-order valence-electron chi connectivity index (χ4n) is 3.12. The number of ether oxygens (including phenoxy) is 1. The van der Waals surface area contributed by atoms with Crippen LogP contribution in [0.4, 0.5) is 0 Å². The molecule has 1 fully saturated rings. The van der Waals surface area contributed by atoms with Crippen LogP contribution in [0.25, 0.3) is 0 Å². The van der Waals surface area contributed by atoms with Gasteiger partial charge in [-0.05, 0) is 6.42 Å². The van der Waals surface area contributed by atoms with E-state index in [0.29, 0.717) is 13.2 Å². The molecule has 1 saturated heterocycles. The monoisotopic (exact) mass is 378 g/mol. The predicted molar refractivity (Wildman–Crippen MR) is 102 cm³/mol. The Kier molecular flexibility index (Phi) is 14.0. The summed E-state index contributed by atoms with van der Waals surface area (Å²) in [5.41, 5.74) is 0. The molecule has 0 radical (unpaired) electrons. The number of unbranched alkanes of at least 4 members (excludes halogenated alkanes) is 13. The van der Waals surface area contributed by atoms with Gasteiger partial charge in [0.25, 0.3) is 0 Å². The number of phosphoric ester groups is 1. The Labute approximate surface area is 154 Å². The van der Waals surface area contributed by atoms with Gasteiger partial charge in [0.1, 0.15) is 6.10 Å². The summed E-state index contributed by atoms with van der Waals surface area (Å²) in [5, 5.41) is 0. The SMILES string of the molecule is CCCCCCCCCCCCCCCCOC[C@@H]1COP(=O)(O)O1. The average Bonchev–Trinajstić information content (AvgIpc) is 2.93. The van der Waals surface area contributed by atoms with E-state index < -0.39 is 13.9 Å². The maximum atomic E-state index is 11.1. The summed E-state index contributed by atoms with van der Waals surface area (Å²) in [6.07, 6.45) is 18.4. The zero-order valence-corrected chi connectivity index (χ0v) is 17.0. The van der Waals surface area contributed by atoms with Crippen LogP contribution in [-0.2, 0) is 18.3 Å². The Balaban J connectivity index is 1.70. The summed E-state index contributed by atoms with van der Waals surface area (Å²) >= 11 is 0. The van der Waals surface area contributed by atoms with Crippen molar-refractivity contribution in [3.05, 3.63) is 0 Å². The molecular formula is C19H39O5P. The van der Waals surface area contributed by atoms with Gasteiger partial charge in [-0.1, -0.05) is 90.4 Å². The lowest BCUT2D eigenvalue weighted by Gasteiger charge is -2.08. The smallest absolute Gasteiger partial charge is 0.379 e. The largest absolute Gasteiger partial charge is 0.472 e. The third kappa shape index (κ3) is 13.9. The van der Waals surface area contributed by atoms with Crippen molar-refractivity contribution >= 4 is 7.82 Å². The first-order valence-corrected chi connectivity index (χ1v) is 11.9. The van der Waals surface area contributed by atoms with Gasteiger partial charge in [-0.2, -0.15) is 0 Å². The number of hydrogen-bond donors (Lipinski definition) is 1. The first kappa shape index (κ1) is 23.1. The van der Waals surface area contributed by atoms with Gasteiger partial charge in [-0.25, -0.2) is 4.57 Å². The minimum Gasteiger partial charge on any atom is -0.379 e. The molecule has 0 aromatic rings. The van der Waals surface area contributed by atoms with Gasteiger partial charge in [0.2, 0.25) is 0 Å². The molecule has 1 N–H and O–H groups in total. The predicted octanol–water partition coefficient (Wildman–Crippen LogP) is 6.00. The van der Waals surface area contributed by atoms with E-state index in [9.17, 15) is 4.57 Å². The highest BCUT2D eigenvalue weighted by Gasteiger charge is 2.35. The zero-order chi connectivity index (χ0) is 18.2. The maximum Gasteiger partial charge on any atom is 0.472 e. The topological polar surface area (TPSA) is 65.0 Å². The van der Waals surface area contributed by atoms with Crippen molar-refractivity contribution in [2.24, 2.45) is 0 Å². The molecule has 6 heteroatoms. The van der Waals surface area contributed by atoms with Gasteiger partial charge in [-0.3, -0.25) is 9.05 Å². The Morgan fingerprint density at radius 2 is 1.36 bits per heavy atom. The van der Waals surface area contributed by atoms with Gasteiger partial charge >= 0.3 is 7.82 Å². The second-order valence-corrected chi connectivity index (χ2v) is 8.57. The standard InChI is InChI=1S/C19H39O5P/c1-2-3-4-5-6-7-8-9-10-11-12-13-14-15-16-22-17-19-18-23-25(20,21)24-19/h19H,2-18H2,1H3,(H,20,21)/t19-/m1/s1. The number of phosphoric acid groups is 1. The van der Waals surface area contributed by atoms with E-state index in [-0.39, 0.29) is 6.61 Å². The minimum atomic E-state index is -3.77. The summed E-state index contributed by atoms with van der Waals surface area (Å²) in [6.45, 7) is 3.44. The second-order valence-electron chi connectivity index (χ2n) is 7.16. The minimum absolute atomic E-state index is 0.145. The summed E-state index contributed by atoms with van der Waals surface area (Å²) in [4.78, 5) is 9.06. The van der Waals surface area contributed by atoms with E-state index in [2.05, 4.69) is 11.4 Å². The lowest BCUT2D eigenvalue weighted by atomic mass is 10.0. The second kappa shape index (κ2) is 15.2. The van der Waals surface area contributed by atoms with Crippen molar-refractivity contribution in [2.45, 2.75) is 103 Å². The molecule has 0 aliphatic carbocycles. The molecule has 1 unspecified atom stereocenters. The molecule has 0 bridgehead atoms. The Morgan fingerprint density at radius 1 is 0.880 bits per heavy atom. The lowest BCUT2D eigenvalue weighted by Crippen LogP contribution is -2.17. The first-order chi connectivity index (χ1) is 12.1. The highest BCUT2D eigenvalue weighted by Crippen LogP contribution is 2.49. The average molecular weight is 378 g/mol. The van der Waals surface area contributed by atoms with E-state index in [1.54, 1.807) is 0 Å². The van der Waals surface area contributed by atoms with Crippen molar-refractivity contribution in [1.82, 2.24) is 0 Å². The van der Waals surface area contributed by atoms with Crippen LogP contribution in [0.2, 0.25) is 0 Å². The van der Waals surface area contributed by atoms with Crippen LogP contribution in [-0.4, -0.2) is 30.8 Å². The Hall–Kier alpha value is 0.0700. The van der Waals surface area contributed by atoms with Gasteiger partial charge in [0.15, 0.2) is 0 Å². The van der Waals surface area contributed by atoms with Gasteiger partial charge in [-0.15, -0.1) is 0 Å². The summed E-state index contributed by atoms with van der Waals surface area (Å²) in [5.74, 6) is 0. The quantitative estimate of drug-likeness (QED) is 0.248. The molecule has 2 atom stereocenters. The highest BCUT2D eigenvalue weighted by molar-refractivity contribution is 7.47. The highest BCUT2D eigenvalue weighted by atomic mass is 31.2. The molecule has 1 aliphatic rings. The van der Waals surface area contributed by atoms with Crippen LogP contribution >= 0.6 is 7.82 Å². The van der Waals surface area contributed by atoms with Crippen molar-refractivity contribution in [1.29, 1.82) is 0 Å². The summed E-state index contributed by atoms with van der Waals surface area (Å²) in [7, 11) is -3.77. The number of rotatable bonds is 17. The van der Waals surface area contributed by atoms with Crippen LogP contribution < -0.4 is 0 Å². The molecule has 1 heterocycles. The Morgan fingerprint density at radius 3 is 1.80 bits per heavy atom. The van der Waals surface area contributed by atoms with Crippen molar-refractivity contribution < 1.29 is 23.2 Å². The van der Waals surface area contributed by atoms with Crippen LogP contribution in [0.15, 0.2) is 0 Å². The maximum absolute atomic E-state index is 11.1. The molecule has 150 valence electrons. The molecule has 5 nitrogen and oxygen atoms in total. The molecule has 0 amide bonds. The molecule has 25 heavy (non-hydrogen) atoms. The molecule has 1 aliphatic heterocycles. The molecule has 0 spiro atoms. The number of hydrogen-bond acceptors (Lipinski definition) is 4. The van der Waals surface area contributed by atoms with Crippen LogP contribution in [0, 0.1) is 0 Å². The lowest BCUT2D eigenvalue weighted by molar-refractivity contribution is 0.0554. The van der Waals surface area contributed by atoms with Gasteiger partial charge < -0.3 is 9.63 Å². The third-order valence-electron chi connectivity index (χ3n) is 4.65. The van der Waals surface area contributed by atoms with E-state index in [0.717, 1.165) is 6.42 Å².